The summed E-state index contributed by atoms with van der Waals surface area (Å²) in [5, 5.41) is 10.3. The number of nitrogens with zero attached hydrogens (tertiary/aromatic N) is 3. The van der Waals surface area contributed by atoms with Crippen LogP contribution in [0.15, 0.2) is 11.6 Å². The topological polar surface area (TPSA) is 64.1 Å². The van der Waals surface area contributed by atoms with Gasteiger partial charge in [0.1, 0.15) is 0 Å². The molecular formula is C34H55N3O3. The fraction of sp³-hybridized carbons (Fsp3) is 0.882. The number of rotatable bonds is 4. The zero-order chi connectivity index (χ0) is 28.2. The molecule has 9 atom stereocenters. The summed E-state index contributed by atoms with van der Waals surface area (Å²) in [6, 6.07) is 0.515. The zero-order valence-electron chi connectivity index (χ0n) is 25.7. The van der Waals surface area contributed by atoms with Crippen molar-refractivity contribution in [3.05, 3.63) is 11.6 Å². The average molecular weight is 554 g/mol. The number of aliphatic hydroxyl groups excluding tert-OH is 1. The molecule has 4 aliphatic carbocycles. The van der Waals surface area contributed by atoms with Gasteiger partial charge in [0.15, 0.2) is 0 Å². The maximum atomic E-state index is 13.2. The van der Waals surface area contributed by atoms with E-state index in [1.165, 1.54) is 32.1 Å². The van der Waals surface area contributed by atoms with Crippen LogP contribution in [0.25, 0.3) is 0 Å². The Morgan fingerprint density at radius 3 is 2.45 bits per heavy atom. The van der Waals surface area contributed by atoms with Gasteiger partial charge in [-0.15, -0.1) is 0 Å². The quantitative estimate of drug-likeness (QED) is 0.429. The number of likely N-dealkylation sites (tertiary alicyclic amines) is 1. The number of urea groups is 1. The Bertz CT molecular complexity index is 1000. The summed E-state index contributed by atoms with van der Waals surface area (Å²) in [5.41, 5.74) is 2.27. The molecule has 1 N–H and O–H groups in total. The Balaban J connectivity index is 1.02. The van der Waals surface area contributed by atoms with Crippen LogP contribution in [-0.2, 0) is 4.79 Å². The molecule has 3 saturated carbocycles. The molecule has 0 aromatic heterocycles. The highest BCUT2D eigenvalue weighted by Gasteiger charge is 2.59. The summed E-state index contributed by atoms with van der Waals surface area (Å²) in [6.07, 6.45) is 15.8. The van der Waals surface area contributed by atoms with Crippen LogP contribution in [0.5, 0.6) is 0 Å². The number of amides is 3. The maximum Gasteiger partial charge on any atom is 0.320 e. The molecule has 3 amide bonds. The number of carbonyl (C=O) groups excluding carboxylic acids is 2. The third kappa shape index (κ3) is 4.82. The van der Waals surface area contributed by atoms with Crippen LogP contribution < -0.4 is 0 Å². The normalized spacial score (nSPS) is 42.1. The van der Waals surface area contributed by atoms with E-state index in [9.17, 15) is 14.7 Å². The van der Waals surface area contributed by atoms with Crippen molar-refractivity contribution in [2.75, 3.05) is 32.7 Å². The van der Waals surface area contributed by atoms with E-state index in [1.54, 1.807) is 5.57 Å². The van der Waals surface area contributed by atoms with Gasteiger partial charge in [0.2, 0.25) is 5.91 Å². The minimum Gasteiger partial charge on any atom is -0.393 e. The second-order valence-electron chi connectivity index (χ2n) is 15.2. The minimum atomic E-state index is -0.130. The maximum absolute atomic E-state index is 13.2. The number of piperazine rings is 1. The molecule has 40 heavy (non-hydrogen) atoms. The van der Waals surface area contributed by atoms with Crippen molar-refractivity contribution in [3.63, 3.8) is 0 Å². The van der Waals surface area contributed by atoms with Gasteiger partial charge in [-0.1, -0.05) is 32.4 Å². The number of carbonyl (C=O) groups is 2. The molecule has 2 aliphatic heterocycles. The van der Waals surface area contributed by atoms with Crippen molar-refractivity contribution >= 4 is 11.9 Å². The van der Waals surface area contributed by atoms with Crippen molar-refractivity contribution < 1.29 is 14.7 Å². The van der Waals surface area contributed by atoms with Gasteiger partial charge in [-0.2, -0.15) is 0 Å². The van der Waals surface area contributed by atoms with E-state index >= 15 is 0 Å². The van der Waals surface area contributed by atoms with Crippen LogP contribution in [0.4, 0.5) is 4.79 Å². The van der Waals surface area contributed by atoms with Gasteiger partial charge < -0.3 is 19.8 Å². The molecule has 6 heteroatoms. The van der Waals surface area contributed by atoms with Crippen molar-refractivity contribution in [1.82, 2.24) is 14.7 Å². The van der Waals surface area contributed by atoms with E-state index in [2.05, 4.69) is 33.8 Å². The van der Waals surface area contributed by atoms with Crippen LogP contribution in [0.2, 0.25) is 0 Å². The molecular weight excluding hydrogens is 498 g/mol. The molecule has 6 rings (SSSR count). The molecule has 5 fully saturated rings. The van der Waals surface area contributed by atoms with Gasteiger partial charge in [0.25, 0.3) is 0 Å². The summed E-state index contributed by atoms with van der Waals surface area (Å²) in [7, 11) is 0. The summed E-state index contributed by atoms with van der Waals surface area (Å²) in [5.74, 6) is 3.96. The molecule has 2 heterocycles. The number of aliphatic hydroxyl groups is 1. The zero-order valence-corrected chi connectivity index (χ0v) is 25.7. The van der Waals surface area contributed by atoms with Crippen molar-refractivity contribution in [3.8, 4) is 0 Å². The summed E-state index contributed by atoms with van der Waals surface area (Å²) < 4.78 is 0. The lowest BCUT2D eigenvalue weighted by atomic mass is 9.47. The lowest BCUT2D eigenvalue weighted by Crippen LogP contribution is -2.54. The molecule has 0 unspecified atom stereocenters. The molecule has 224 valence electrons. The van der Waals surface area contributed by atoms with Gasteiger partial charge >= 0.3 is 6.03 Å². The van der Waals surface area contributed by atoms with Crippen molar-refractivity contribution in [2.24, 2.45) is 40.4 Å². The van der Waals surface area contributed by atoms with E-state index in [4.69, 9.17) is 0 Å². The van der Waals surface area contributed by atoms with E-state index in [-0.39, 0.29) is 18.0 Å². The number of fused-ring (bicyclic) bond motifs is 5. The Morgan fingerprint density at radius 2 is 1.73 bits per heavy atom. The standard InChI is InChI=1S/C34H55N3O3/c1-23(7-12-31(39)35-18-20-36(21-19-35)32(40)37-17-5-6-24(37)2)28-10-11-29-27-9-8-25-22-26(38)13-15-33(25,3)30(27)14-16-34(28,29)4/h8,23-24,26-30,38H,5-7,9-22H2,1-4H3/t23-,24+,26+,27+,28-,29+,30+,33+,34-/m1/s1. The monoisotopic (exact) mass is 553 g/mol. The first-order valence-corrected chi connectivity index (χ1v) is 16.8. The highest BCUT2D eigenvalue weighted by atomic mass is 16.3. The lowest BCUT2D eigenvalue weighted by molar-refractivity contribution is -0.133. The van der Waals surface area contributed by atoms with E-state index in [0.717, 1.165) is 68.7 Å². The molecule has 6 nitrogen and oxygen atoms in total. The Kier molecular flexibility index (Phi) is 7.80. The highest BCUT2D eigenvalue weighted by molar-refractivity contribution is 5.78. The second-order valence-corrected chi connectivity index (χ2v) is 15.2. The third-order valence-corrected chi connectivity index (χ3v) is 13.4. The Hall–Kier alpha value is -1.56. The Morgan fingerprint density at radius 1 is 0.975 bits per heavy atom. The number of allylic oxidation sites excluding steroid dienone is 1. The van der Waals surface area contributed by atoms with E-state index in [0.29, 0.717) is 55.4 Å². The largest absolute Gasteiger partial charge is 0.393 e. The second kappa shape index (κ2) is 10.9. The average Bonchev–Trinajstić information content (AvgIpc) is 3.54. The van der Waals surface area contributed by atoms with Crippen molar-refractivity contribution in [1.29, 1.82) is 0 Å². The smallest absolute Gasteiger partial charge is 0.320 e. The SMILES string of the molecule is C[C@H](CCC(=O)N1CCN(C(=O)N2CCC[C@@H]2C)CC1)[C@H]1CC[C@H]2[C@@H]3CC=C4C[C@@H](O)CC[C@]4(C)[C@H]3CC[C@]12C. The molecule has 6 aliphatic rings. The number of hydrogen-bond acceptors (Lipinski definition) is 3. The predicted molar refractivity (Wildman–Crippen MR) is 159 cm³/mol. The highest BCUT2D eigenvalue weighted by Crippen LogP contribution is 2.67. The van der Waals surface area contributed by atoms with Gasteiger partial charge in [-0.05, 0) is 118 Å². The first-order chi connectivity index (χ1) is 19.1. The molecule has 0 bridgehead atoms. The van der Waals surface area contributed by atoms with Gasteiger partial charge in [-0.25, -0.2) is 4.79 Å². The van der Waals surface area contributed by atoms with Crippen LogP contribution >= 0.6 is 0 Å². The summed E-state index contributed by atoms with van der Waals surface area (Å²) >= 11 is 0. The number of hydrogen-bond donors (Lipinski definition) is 1. The fourth-order valence-corrected chi connectivity index (χ4v) is 10.9. The van der Waals surface area contributed by atoms with Crippen LogP contribution in [0.1, 0.15) is 105 Å². The molecule has 0 aromatic carbocycles. The Labute approximate surface area is 242 Å². The van der Waals surface area contributed by atoms with Crippen LogP contribution in [0.3, 0.4) is 0 Å². The minimum absolute atomic E-state index is 0.130. The van der Waals surface area contributed by atoms with Crippen molar-refractivity contribution in [2.45, 2.75) is 117 Å². The molecule has 2 saturated heterocycles. The van der Waals surface area contributed by atoms with Gasteiger partial charge in [0.05, 0.1) is 6.10 Å². The lowest BCUT2D eigenvalue weighted by Gasteiger charge is -2.58. The van der Waals surface area contributed by atoms with Crippen LogP contribution in [0, 0.1) is 40.4 Å². The molecule has 0 spiro atoms. The van der Waals surface area contributed by atoms with E-state index < -0.39 is 0 Å². The first kappa shape index (κ1) is 28.6. The predicted octanol–water partition coefficient (Wildman–Crippen LogP) is 6.09. The fourth-order valence-electron chi connectivity index (χ4n) is 10.9. The third-order valence-electron chi connectivity index (χ3n) is 13.4. The van der Waals surface area contributed by atoms with E-state index in [1.807, 2.05) is 14.7 Å². The summed E-state index contributed by atoms with van der Waals surface area (Å²) in [4.78, 5) is 32.1. The van der Waals surface area contributed by atoms with Gasteiger partial charge in [0, 0.05) is 45.2 Å². The van der Waals surface area contributed by atoms with Crippen LogP contribution in [-0.4, -0.2) is 76.6 Å². The molecule has 0 aromatic rings. The summed E-state index contributed by atoms with van der Waals surface area (Å²) in [6.45, 7) is 13.3. The van der Waals surface area contributed by atoms with Gasteiger partial charge in [-0.3, -0.25) is 4.79 Å². The molecule has 0 radical (unpaired) electrons. The first-order valence-electron chi connectivity index (χ1n) is 16.8.